The number of imidazole rings is 2. The Kier molecular flexibility index (Phi) is 11.9. The molecule has 7 rings (SSSR count). The predicted molar refractivity (Wildman–Crippen MR) is 221 cm³/mol. The first kappa shape index (κ1) is 40.7. The zero-order chi connectivity index (χ0) is 42.0. The molecule has 0 bridgehead atoms. The Morgan fingerprint density at radius 2 is 1.20 bits per heavy atom. The van der Waals surface area contributed by atoms with Crippen LogP contribution < -0.4 is 16.0 Å². The van der Waals surface area contributed by atoms with Crippen LogP contribution in [0.4, 0.5) is 21.0 Å². The summed E-state index contributed by atoms with van der Waals surface area (Å²) in [6.07, 6.45) is 1.76. The second-order valence-corrected chi connectivity index (χ2v) is 15.8. The van der Waals surface area contributed by atoms with Crippen molar-refractivity contribution < 1.29 is 33.4 Å². The molecule has 16 nitrogen and oxygen atoms in total. The number of fused-ring (bicyclic) bond motifs is 2. The standard InChI is InChI=1S/C43H51N9O7/c1-23(2)35(49-42(56)58-5)40(54)51-18-8-12-33(51)38-45-29-16-14-26(21-31(29)47-38)37(53)25-10-7-11-27(20-25)44-28-15-17-30-32(22-28)48-39(46-30)34-13-9-19-52(34)41(55)36(24(3)4)50-43(57)59-6/h7,10-11,14-17,20-24,33-36,44H,8-9,12-13,18-19H2,1-6H3,(H,45,47)(H,46,48)(H,49,56)(H,50,57). The molecule has 4 atom stereocenters. The Bertz CT molecular complexity index is 2390. The van der Waals surface area contributed by atoms with E-state index in [4.69, 9.17) is 19.4 Å². The summed E-state index contributed by atoms with van der Waals surface area (Å²) in [4.78, 5) is 85.1. The van der Waals surface area contributed by atoms with Gasteiger partial charge in [-0.1, -0.05) is 39.8 Å². The molecule has 4 heterocycles. The molecule has 2 saturated heterocycles. The Morgan fingerprint density at radius 1 is 0.661 bits per heavy atom. The van der Waals surface area contributed by atoms with Gasteiger partial charge in [-0.15, -0.1) is 0 Å². The number of anilines is 2. The number of hydrogen-bond donors (Lipinski definition) is 5. The molecule has 5 aromatic rings. The first-order valence-electron chi connectivity index (χ1n) is 20.1. The van der Waals surface area contributed by atoms with E-state index in [0.29, 0.717) is 59.0 Å². The number of likely N-dealkylation sites (tertiary alicyclic amines) is 2. The topological polar surface area (TPSA) is 204 Å². The second kappa shape index (κ2) is 17.2. The van der Waals surface area contributed by atoms with Crippen molar-refractivity contribution >= 4 is 63.2 Å². The molecule has 4 unspecified atom stereocenters. The van der Waals surface area contributed by atoms with Crippen LogP contribution in [0.1, 0.15) is 93.0 Å². The van der Waals surface area contributed by atoms with Gasteiger partial charge in [-0.2, -0.15) is 0 Å². The van der Waals surface area contributed by atoms with Gasteiger partial charge in [0.2, 0.25) is 11.8 Å². The number of carbonyl (C=O) groups excluding carboxylic acids is 5. The highest BCUT2D eigenvalue weighted by Gasteiger charge is 2.39. The molecule has 0 saturated carbocycles. The highest BCUT2D eigenvalue weighted by molar-refractivity contribution is 6.10. The average molecular weight is 806 g/mol. The zero-order valence-corrected chi connectivity index (χ0v) is 34.1. The van der Waals surface area contributed by atoms with E-state index in [1.54, 1.807) is 40.1 Å². The molecular formula is C43H51N9O7. The number of ether oxygens (including phenoxy) is 2. The summed E-state index contributed by atoms with van der Waals surface area (Å²) in [5, 5.41) is 8.76. The van der Waals surface area contributed by atoms with Gasteiger partial charge in [0, 0.05) is 35.6 Å². The predicted octanol–water partition coefficient (Wildman–Crippen LogP) is 6.50. The molecule has 310 valence electrons. The van der Waals surface area contributed by atoms with E-state index in [0.717, 1.165) is 36.0 Å². The van der Waals surface area contributed by atoms with Crippen molar-refractivity contribution in [1.82, 2.24) is 40.4 Å². The maximum Gasteiger partial charge on any atom is 0.407 e. The Labute approximate surface area is 341 Å². The molecule has 0 radical (unpaired) electrons. The van der Waals surface area contributed by atoms with Crippen LogP contribution in [0.25, 0.3) is 22.1 Å². The smallest absolute Gasteiger partial charge is 0.407 e. The Morgan fingerprint density at radius 3 is 1.78 bits per heavy atom. The zero-order valence-electron chi connectivity index (χ0n) is 34.1. The number of ketones is 1. The molecule has 0 aliphatic carbocycles. The number of aromatic nitrogens is 4. The van der Waals surface area contributed by atoms with E-state index in [1.807, 2.05) is 58.0 Å². The molecule has 0 spiro atoms. The summed E-state index contributed by atoms with van der Waals surface area (Å²) < 4.78 is 9.51. The minimum Gasteiger partial charge on any atom is -0.453 e. The van der Waals surface area contributed by atoms with E-state index in [-0.39, 0.29) is 41.5 Å². The van der Waals surface area contributed by atoms with Crippen LogP contribution in [0.2, 0.25) is 0 Å². The normalized spacial score (nSPS) is 17.7. The Hall–Kier alpha value is -6.45. The molecule has 5 N–H and O–H groups in total. The van der Waals surface area contributed by atoms with Crippen molar-refractivity contribution in [2.45, 2.75) is 77.5 Å². The monoisotopic (exact) mass is 805 g/mol. The van der Waals surface area contributed by atoms with Crippen molar-refractivity contribution in [3.63, 3.8) is 0 Å². The van der Waals surface area contributed by atoms with Crippen molar-refractivity contribution in [3.8, 4) is 0 Å². The van der Waals surface area contributed by atoms with Crippen LogP contribution in [0.15, 0.2) is 60.7 Å². The van der Waals surface area contributed by atoms with Crippen molar-refractivity contribution in [1.29, 1.82) is 0 Å². The van der Waals surface area contributed by atoms with Crippen LogP contribution in [0, 0.1) is 11.8 Å². The van der Waals surface area contributed by atoms with Gasteiger partial charge in [-0.3, -0.25) is 14.4 Å². The quantitative estimate of drug-likeness (QED) is 0.0866. The lowest BCUT2D eigenvalue weighted by molar-refractivity contribution is -0.136. The minimum absolute atomic E-state index is 0.134. The molecule has 2 aliphatic rings. The van der Waals surface area contributed by atoms with Crippen molar-refractivity contribution in [3.05, 3.63) is 83.4 Å². The number of nitrogens with one attached hydrogen (secondary N) is 5. The summed E-state index contributed by atoms with van der Waals surface area (Å²) >= 11 is 0. The highest BCUT2D eigenvalue weighted by atomic mass is 16.5. The fraction of sp³-hybridized carbons (Fsp3) is 0.419. The number of hydrogen-bond acceptors (Lipinski definition) is 10. The van der Waals surface area contributed by atoms with Crippen LogP contribution in [0.3, 0.4) is 0 Å². The second-order valence-electron chi connectivity index (χ2n) is 15.8. The van der Waals surface area contributed by atoms with Gasteiger partial charge in [0.15, 0.2) is 5.78 Å². The maximum atomic E-state index is 13.8. The molecule has 16 heteroatoms. The number of rotatable bonds is 12. The number of methoxy groups -OCH3 is 2. The molecule has 3 aromatic carbocycles. The van der Waals surface area contributed by atoms with E-state index in [2.05, 4.69) is 25.9 Å². The largest absolute Gasteiger partial charge is 0.453 e. The number of nitrogens with zero attached hydrogens (tertiary/aromatic N) is 4. The lowest BCUT2D eigenvalue weighted by Crippen LogP contribution is -2.51. The fourth-order valence-electron chi connectivity index (χ4n) is 8.05. The van der Waals surface area contributed by atoms with Gasteiger partial charge in [0.25, 0.3) is 0 Å². The first-order chi connectivity index (χ1) is 28.3. The summed E-state index contributed by atoms with van der Waals surface area (Å²) in [5.41, 5.74) is 5.37. The number of amides is 4. The average Bonchev–Trinajstić information content (AvgIpc) is 4.06. The summed E-state index contributed by atoms with van der Waals surface area (Å²) in [6, 6.07) is 16.4. The number of benzene rings is 3. The first-order valence-corrected chi connectivity index (χ1v) is 20.1. The minimum atomic E-state index is -0.738. The Balaban J connectivity index is 1.04. The van der Waals surface area contributed by atoms with Gasteiger partial charge in [-0.25, -0.2) is 19.6 Å². The molecule has 4 amide bonds. The third kappa shape index (κ3) is 8.57. The summed E-state index contributed by atoms with van der Waals surface area (Å²) in [5.74, 6) is 0.502. The third-order valence-electron chi connectivity index (χ3n) is 11.2. The SMILES string of the molecule is COC(=O)NC(C(=O)N1CCCC1c1nc2cc(Nc3cccc(C(=O)c4ccc5nc(C6CCCN6C(=O)C(NC(=O)OC)C(C)C)[nH]c5c4)c3)ccc2[nH]1)C(C)C. The van der Waals surface area contributed by atoms with E-state index in [1.165, 1.54) is 14.2 Å². The maximum absolute atomic E-state index is 13.8. The van der Waals surface area contributed by atoms with Gasteiger partial charge in [-0.05, 0) is 86.1 Å². The fourth-order valence-corrected chi connectivity index (χ4v) is 8.05. The van der Waals surface area contributed by atoms with E-state index < -0.39 is 24.3 Å². The lowest BCUT2D eigenvalue weighted by atomic mass is 10.0. The van der Waals surface area contributed by atoms with Gasteiger partial charge >= 0.3 is 12.2 Å². The van der Waals surface area contributed by atoms with Crippen LogP contribution >= 0.6 is 0 Å². The van der Waals surface area contributed by atoms with E-state index >= 15 is 0 Å². The molecular weight excluding hydrogens is 755 g/mol. The molecule has 2 aromatic heterocycles. The number of H-pyrrole nitrogens is 2. The van der Waals surface area contributed by atoms with Crippen LogP contribution in [-0.2, 0) is 19.1 Å². The number of carbonyl (C=O) groups is 5. The van der Waals surface area contributed by atoms with Gasteiger partial charge in [0.05, 0.1) is 48.4 Å². The summed E-state index contributed by atoms with van der Waals surface area (Å²) in [6.45, 7) is 8.62. The summed E-state index contributed by atoms with van der Waals surface area (Å²) in [7, 11) is 2.55. The van der Waals surface area contributed by atoms with Gasteiger partial charge in [0.1, 0.15) is 23.7 Å². The molecule has 2 aliphatic heterocycles. The third-order valence-corrected chi connectivity index (χ3v) is 11.2. The number of alkyl carbamates (subject to hydrolysis) is 2. The van der Waals surface area contributed by atoms with Crippen molar-refractivity contribution in [2.75, 3.05) is 32.6 Å². The van der Waals surface area contributed by atoms with Crippen LogP contribution in [0.5, 0.6) is 0 Å². The van der Waals surface area contributed by atoms with Gasteiger partial charge < -0.3 is 45.2 Å². The van der Waals surface area contributed by atoms with Crippen LogP contribution in [-0.4, -0.2) is 98.9 Å². The highest BCUT2D eigenvalue weighted by Crippen LogP contribution is 2.35. The molecule has 2 fully saturated rings. The number of aromatic amines is 2. The van der Waals surface area contributed by atoms with E-state index in [9.17, 15) is 24.0 Å². The van der Waals surface area contributed by atoms with Crippen molar-refractivity contribution in [2.24, 2.45) is 11.8 Å². The molecule has 59 heavy (non-hydrogen) atoms. The lowest BCUT2D eigenvalue weighted by Gasteiger charge is -2.29.